The van der Waals surface area contributed by atoms with Crippen molar-refractivity contribution in [3.63, 3.8) is 0 Å². The highest BCUT2D eigenvalue weighted by Crippen LogP contribution is 2.33. The zero-order valence-electron chi connectivity index (χ0n) is 11.5. The second-order valence-corrected chi connectivity index (χ2v) is 8.97. The number of hydrogen-bond acceptors (Lipinski definition) is 5. The molecule has 0 radical (unpaired) electrons. The molecule has 1 aromatic rings. The fourth-order valence-electron chi connectivity index (χ4n) is 2.21. The molecule has 0 aliphatic heterocycles. The lowest BCUT2D eigenvalue weighted by Crippen LogP contribution is -2.58. The molecule has 1 fully saturated rings. The van der Waals surface area contributed by atoms with Crippen molar-refractivity contribution in [2.45, 2.75) is 34.6 Å². The Balaban J connectivity index is 2.45. The van der Waals surface area contributed by atoms with Crippen LogP contribution in [0.5, 0.6) is 0 Å². The highest BCUT2D eigenvalue weighted by molar-refractivity contribution is 7.91. The van der Waals surface area contributed by atoms with Crippen LogP contribution in [0.4, 0.5) is 4.39 Å². The van der Waals surface area contributed by atoms with E-state index in [0.717, 1.165) is 30.9 Å². The molecule has 3 N–H and O–H groups in total. The van der Waals surface area contributed by atoms with Gasteiger partial charge in [0, 0.05) is 18.3 Å². The van der Waals surface area contributed by atoms with Crippen molar-refractivity contribution >= 4 is 19.9 Å². The van der Waals surface area contributed by atoms with Gasteiger partial charge in [0.1, 0.15) is 10.7 Å². The van der Waals surface area contributed by atoms with Crippen LogP contribution in [-0.2, 0) is 19.9 Å². The van der Waals surface area contributed by atoms with Gasteiger partial charge >= 0.3 is 0 Å². The number of hydrogen-bond donors (Lipinski definition) is 2. The van der Waals surface area contributed by atoms with Gasteiger partial charge in [0.2, 0.25) is 10.0 Å². The fourth-order valence-corrected chi connectivity index (χ4v) is 4.51. The average Bonchev–Trinajstić information content (AvgIpc) is 2.32. The molecule has 0 amide bonds. The molecule has 2 rings (SSSR count). The van der Waals surface area contributed by atoms with Crippen molar-refractivity contribution in [3.05, 3.63) is 24.0 Å². The van der Waals surface area contributed by atoms with E-state index in [-0.39, 0.29) is 11.4 Å². The number of sulfonamides is 1. The molecule has 0 saturated heterocycles. The summed E-state index contributed by atoms with van der Waals surface area (Å²) in [5, 5.41) is 0. The van der Waals surface area contributed by atoms with Gasteiger partial charge in [0.25, 0.3) is 0 Å². The predicted molar refractivity (Wildman–Crippen MR) is 75.5 cm³/mol. The van der Waals surface area contributed by atoms with E-state index in [9.17, 15) is 21.2 Å². The van der Waals surface area contributed by atoms with Gasteiger partial charge in [-0.2, -0.15) is 0 Å². The molecule has 1 aromatic carbocycles. The van der Waals surface area contributed by atoms with Gasteiger partial charge in [-0.1, -0.05) is 0 Å². The minimum Gasteiger partial charge on any atom is -0.329 e. The predicted octanol–water partition coefficient (Wildman–Crippen LogP) is 0.389. The SMILES string of the molecule is CS(=O)(=O)c1ccc(F)c(S(=O)(=O)NC2(CN)CCC2)c1. The summed E-state index contributed by atoms with van der Waals surface area (Å²) in [5.41, 5.74) is 4.82. The Hall–Kier alpha value is -1.03. The van der Waals surface area contributed by atoms with E-state index >= 15 is 0 Å². The lowest BCUT2D eigenvalue weighted by molar-refractivity contribution is 0.230. The van der Waals surface area contributed by atoms with E-state index in [2.05, 4.69) is 4.72 Å². The second-order valence-electron chi connectivity index (χ2n) is 5.31. The number of rotatable bonds is 5. The van der Waals surface area contributed by atoms with Gasteiger partial charge in [-0.15, -0.1) is 0 Å². The van der Waals surface area contributed by atoms with Crippen LogP contribution in [0, 0.1) is 5.82 Å². The van der Waals surface area contributed by atoms with Crippen molar-refractivity contribution < 1.29 is 21.2 Å². The Bertz CT molecular complexity index is 750. The van der Waals surface area contributed by atoms with Crippen molar-refractivity contribution in [3.8, 4) is 0 Å². The number of halogens is 1. The van der Waals surface area contributed by atoms with Gasteiger partial charge in [-0.25, -0.2) is 25.9 Å². The molecule has 0 spiro atoms. The van der Waals surface area contributed by atoms with Crippen LogP contribution in [0.15, 0.2) is 28.0 Å². The Morgan fingerprint density at radius 2 is 1.90 bits per heavy atom. The molecular formula is C12H17FN2O4S2. The third-order valence-corrected chi connectivity index (χ3v) is 6.38. The summed E-state index contributed by atoms with van der Waals surface area (Å²) in [6, 6.07) is 2.70. The van der Waals surface area contributed by atoms with Crippen LogP contribution in [0.25, 0.3) is 0 Å². The van der Waals surface area contributed by atoms with E-state index in [1.54, 1.807) is 0 Å². The van der Waals surface area contributed by atoms with Crippen LogP contribution in [0.1, 0.15) is 19.3 Å². The van der Waals surface area contributed by atoms with E-state index in [0.29, 0.717) is 12.8 Å². The van der Waals surface area contributed by atoms with Crippen molar-refractivity contribution in [1.29, 1.82) is 0 Å². The molecule has 0 atom stereocenters. The molecule has 1 saturated carbocycles. The number of nitrogens with one attached hydrogen (secondary N) is 1. The summed E-state index contributed by atoms with van der Waals surface area (Å²) < 4.78 is 63.8. The van der Waals surface area contributed by atoms with Gasteiger partial charge in [0.15, 0.2) is 9.84 Å². The molecule has 21 heavy (non-hydrogen) atoms. The molecule has 118 valence electrons. The first-order chi connectivity index (χ1) is 9.60. The fraction of sp³-hybridized carbons (Fsp3) is 0.500. The molecule has 0 aromatic heterocycles. The monoisotopic (exact) mass is 336 g/mol. The second kappa shape index (κ2) is 5.31. The maximum atomic E-state index is 13.8. The van der Waals surface area contributed by atoms with Crippen molar-refractivity contribution in [2.24, 2.45) is 5.73 Å². The Labute approximate surface area is 123 Å². The highest BCUT2D eigenvalue weighted by Gasteiger charge is 2.40. The molecule has 0 bridgehead atoms. The van der Waals surface area contributed by atoms with Crippen LogP contribution < -0.4 is 10.5 Å². The molecule has 6 nitrogen and oxygen atoms in total. The van der Waals surface area contributed by atoms with Crippen LogP contribution >= 0.6 is 0 Å². The standard InChI is InChI=1S/C12H17FN2O4S2/c1-20(16,17)9-3-4-10(13)11(7-9)21(18,19)15-12(8-14)5-2-6-12/h3-4,7,15H,2,5-6,8,14H2,1H3. The van der Waals surface area contributed by atoms with E-state index in [1.807, 2.05) is 0 Å². The van der Waals surface area contributed by atoms with Crippen molar-refractivity contribution in [2.75, 3.05) is 12.8 Å². The summed E-state index contributed by atoms with van der Waals surface area (Å²) in [6.07, 6.45) is 2.93. The van der Waals surface area contributed by atoms with Gasteiger partial charge in [0.05, 0.1) is 4.90 Å². The molecule has 9 heteroatoms. The van der Waals surface area contributed by atoms with E-state index in [1.165, 1.54) is 0 Å². The maximum Gasteiger partial charge on any atom is 0.244 e. The first-order valence-electron chi connectivity index (χ1n) is 6.33. The zero-order valence-corrected chi connectivity index (χ0v) is 13.1. The molecule has 1 aliphatic rings. The minimum atomic E-state index is -4.17. The van der Waals surface area contributed by atoms with Crippen LogP contribution in [-0.4, -0.2) is 35.2 Å². The highest BCUT2D eigenvalue weighted by atomic mass is 32.2. The van der Waals surface area contributed by atoms with Crippen LogP contribution in [0.3, 0.4) is 0 Å². The molecule has 1 aliphatic carbocycles. The summed E-state index contributed by atoms with van der Waals surface area (Å²) >= 11 is 0. The van der Waals surface area contributed by atoms with Crippen LogP contribution in [0.2, 0.25) is 0 Å². The van der Waals surface area contributed by atoms with Gasteiger partial charge in [-0.3, -0.25) is 0 Å². The summed E-state index contributed by atoms with van der Waals surface area (Å²) in [6.45, 7) is 0.111. The zero-order chi connectivity index (χ0) is 15.9. The van der Waals surface area contributed by atoms with Crippen molar-refractivity contribution in [1.82, 2.24) is 4.72 Å². The number of nitrogens with two attached hydrogens (primary N) is 1. The Morgan fingerprint density at radius 1 is 1.29 bits per heavy atom. The number of benzene rings is 1. The molecular weight excluding hydrogens is 319 g/mol. The average molecular weight is 336 g/mol. The van der Waals surface area contributed by atoms with E-state index in [4.69, 9.17) is 5.73 Å². The lowest BCUT2D eigenvalue weighted by Gasteiger charge is -2.41. The maximum absolute atomic E-state index is 13.8. The number of sulfone groups is 1. The van der Waals surface area contributed by atoms with Gasteiger partial charge < -0.3 is 5.73 Å². The third-order valence-electron chi connectivity index (χ3n) is 3.67. The third kappa shape index (κ3) is 3.25. The molecule has 0 unspecified atom stereocenters. The van der Waals surface area contributed by atoms with E-state index < -0.39 is 36.1 Å². The summed E-state index contributed by atoms with van der Waals surface area (Å²) in [7, 11) is -7.80. The summed E-state index contributed by atoms with van der Waals surface area (Å²) in [4.78, 5) is -0.926. The smallest absolute Gasteiger partial charge is 0.244 e. The largest absolute Gasteiger partial charge is 0.329 e. The minimum absolute atomic E-state index is 0.111. The first kappa shape index (κ1) is 16.3. The Morgan fingerprint density at radius 3 is 2.33 bits per heavy atom. The normalized spacial score (nSPS) is 18.2. The lowest BCUT2D eigenvalue weighted by atomic mass is 9.78. The quantitative estimate of drug-likeness (QED) is 0.757. The Kier molecular flexibility index (Phi) is 4.13. The summed E-state index contributed by atoms with van der Waals surface area (Å²) in [5.74, 6) is -0.999. The topological polar surface area (TPSA) is 106 Å². The molecule has 0 heterocycles. The first-order valence-corrected chi connectivity index (χ1v) is 9.71. The van der Waals surface area contributed by atoms with Gasteiger partial charge in [-0.05, 0) is 37.5 Å².